The second-order valence-corrected chi connectivity index (χ2v) is 4.58. The maximum Gasteiger partial charge on any atom is 0.416 e. The molecule has 0 aromatic heterocycles. The highest BCUT2D eigenvalue weighted by Crippen LogP contribution is 2.31. The van der Waals surface area contributed by atoms with E-state index in [-0.39, 0.29) is 18.0 Å². The van der Waals surface area contributed by atoms with Crippen LogP contribution in [0.5, 0.6) is 0 Å². The molecule has 0 aliphatic carbocycles. The van der Waals surface area contributed by atoms with Crippen LogP contribution in [0.2, 0.25) is 0 Å². The topological polar surface area (TPSA) is 58.2 Å². The molecule has 1 atom stereocenters. The van der Waals surface area contributed by atoms with E-state index in [0.717, 1.165) is 12.1 Å². The summed E-state index contributed by atoms with van der Waals surface area (Å²) in [5.41, 5.74) is -1.67. The quantitative estimate of drug-likeness (QED) is 0.812. The summed E-state index contributed by atoms with van der Waals surface area (Å²) >= 11 is 0. The van der Waals surface area contributed by atoms with Crippen LogP contribution in [0.4, 0.5) is 13.2 Å². The average Bonchev–Trinajstić information content (AvgIpc) is 2.36. The molecular weight excluding hydrogens is 273 g/mol. The minimum atomic E-state index is -4.47. The van der Waals surface area contributed by atoms with Crippen LogP contribution in [0.25, 0.3) is 0 Å². The first-order chi connectivity index (χ1) is 9.19. The Bertz CT molecular complexity index is 503. The van der Waals surface area contributed by atoms with Crippen molar-refractivity contribution in [2.24, 2.45) is 0 Å². The molecule has 20 heavy (non-hydrogen) atoms. The average molecular weight is 288 g/mol. The van der Waals surface area contributed by atoms with E-state index >= 15 is 0 Å². The monoisotopic (exact) mass is 288 g/mol. The van der Waals surface area contributed by atoms with E-state index in [1.54, 1.807) is 0 Å². The number of carbonyl (C=O) groups is 2. The van der Waals surface area contributed by atoms with Crippen LogP contribution in [0, 0.1) is 0 Å². The van der Waals surface area contributed by atoms with Crippen LogP contribution < -0.4 is 10.6 Å². The standard InChI is InChI=1S/C13H15F3N2O2/c1-9(20)17-7-12(2,18-8-19)10-4-3-5-11(6-10)13(14,15)16/h3-6,8H,7H2,1-2H3,(H,17,20)(H,18,19). The molecule has 0 aliphatic rings. The van der Waals surface area contributed by atoms with Gasteiger partial charge in [-0.2, -0.15) is 13.2 Å². The normalized spacial score (nSPS) is 14.2. The van der Waals surface area contributed by atoms with Crippen molar-refractivity contribution in [3.63, 3.8) is 0 Å². The van der Waals surface area contributed by atoms with Gasteiger partial charge in [0.1, 0.15) is 0 Å². The molecule has 0 saturated carbocycles. The molecule has 2 N–H and O–H groups in total. The van der Waals surface area contributed by atoms with E-state index in [1.165, 1.54) is 26.0 Å². The van der Waals surface area contributed by atoms with Gasteiger partial charge in [-0.25, -0.2) is 0 Å². The van der Waals surface area contributed by atoms with Gasteiger partial charge in [-0.05, 0) is 24.6 Å². The Kier molecular flexibility index (Phi) is 4.75. The summed E-state index contributed by atoms with van der Waals surface area (Å²) in [5.74, 6) is -0.337. The minimum Gasteiger partial charge on any atom is -0.354 e. The summed E-state index contributed by atoms with van der Waals surface area (Å²) in [6, 6.07) is 4.63. The zero-order valence-corrected chi connectivity index (χ0v) is 11.0. The molecule has 1 rings (SSSR count). The van der Waals surface area contributed by atoms with Gasteiger partial charge in [-0.1, -0.05) is 12.1 Å². The smallest absolute Gasteiger partial charge is 0.354 e. The summed E-state index contributed by atoms with van der Waals surface area (Å²) < 4.78 is 38.1. The maximum atomic E-state index is 12.7. The first-order valence-corrected chi connectivity index (χ1v) is 5.82. The zero-order chi connectivity index (χ0) is 15.4. The Labute approximate surface area is 114 Å². The van der Waals surface area contributed by atoms with Crippen molar-refractivity contribution in [2.75, 3.05) is 6.54 Å². The Hall–Kier alpha value is -2.05. The highest BCUT2D eigenvalue weighted by atomic mass is 19.4. The third kappa shape index (κ3) is 3.97. The molecule has 110 valence electrons. The summed E-state index contributed by atoms with van der Waals surface area (Å²) in [4.78, 5) is 21.6. The van der Waals surface area contributed by atoms with Gasteiger partial charge in [0.25, 0.3) is 0 Å². The second-order valence-electron chi connectivity index (χ2n) is 4.58. The minimum absolute atomic E-state index is 0.0115. The molecule has 0 saturated heterocycles. The van der Waals surface area contributed by atoms with E-state index in [9.17, 15) is 22.8 Å². The lowest BCUT2D eigenvalue weighted by molar-refractivity contribution is -0.137. The molecule has 1 unspecified atom stereocenters. The maximum absolute atomic E-state index is 12.7. The largest absolute Gasteiger partial charge is 0.416 e. The summed E-state index contributed by atoms with van der Waals surface area (Å²) in [6.45, 7) is 2.81. The molecule has 0 aliphatic heterocycles. The van der Waals surface area contributed by atoms with Crippen LogP contribution in [-0.2, 0) is 21.3 Å². The van der Waals surface area contributed by atoms with Gasteiger partial charge in [-0.3, -0.25) is 9.59 Å². The number of halogens is 3. The van der Waals surface area contributed by atoms with E-state index < -0.39 is 17.3 Å². The van der Waals surface area contributed by atoms with Crippen LogP contribution in [0.15, 0.2) is 24.3 Å². The van der Waals surface area contributed by atoms with Crippen molar-refractivity contribution in [3.8, 4) is 0 Å². The third-order valence-electron chi connectivity index (χ3n) is 2.90. The van der Waals surface area contributed by atoms with Crippen molar-refractivity contribution >= 4 is 12.3 Å². The number of benzene rings is 1. The molecule has 7 heteroatoms. The van der Waals surface area contributed by atoms with Crippen LogP contribution >= 0.6 is 0 Å². The van der Waals surface area contributed by atoms with Crippen molar-refractivity contribution < 1.29 is 22.8 Å². The second kappa shape index (κ2) is 5.94. The van der Waals surface area contributed by atoms with Gasteiger partial charge < -0.3 is 10.6 Å². The first kappa shape index (κ1) is 16.0. The Morgan fingerprint density at radius 2 is 1.90 bits per heavy atom. The molecule has 0 heterocycles. The van der Waals surface area contributed by atoms with E-state index in [4.69, 9.17) is 0 Å². The highest BCUT2D eigenvalue weighted by molar-refractivity contribution is 5.73. The van der Waals surface area contributed by atoms with Gasteiger partial charge in [-0.15, -0.1) is 0 Å². The predicted molar refractivity (Wildman–Crippen MR) is 66.7 cm³/mol. The fourth-order valence-electron chi connectivity index (χ4n) is 1.71. The van der Waals surface area contributed by atoms with Crippen LogP contribution in [0.1, 0.15) is 25.0 Å². The Morgan fingerprint density at radius 1 is 1.30 bits per heavy atom. The van der Waals surface area contributed by atoms with Gasteiger partial charge in [0.15, 0.2) is 0 Å². The number of amides is 2. The summed E-state index contributed by atoms with van der Waals surface area (Å²) in [5, 5.41) is 4.93. The molecule has 0 spiro atoms. The van der Waals surface area contributed by atoms with Gasteiger partial charge >= 0.3 is 6.18 Å². The lowest BCUT2D eigenvalue weighted by Crippen LogP contribution is -2.48. The molecule has 2 amide bonds. The molecule has 1 aromatic carbocycles. The fourth-order valence-corrected chi connectivity index (χ4v) is 1.71. The molecule has 4 nitrogen and oxygen atoms in total. The number of alkyl halides is 3. The van der Waals surface area contributed by atoms with Gasteiger partial charge in [0, 0.05) is 13.5 Å². The van der Waals surface area contributed by atoms with Crippen molar-refractivity contribution in [1.82, 2.24) is 10.6 Å². The third-order valence-corrected chi connectivity index (χ3v) is 2.90. The lowest BCUT2D eigenvalue weighted by Gasteiger charge is -2.30. The molecule has 1 aromatic rings. The Balaban J connectivity index is 3.14. The number of rotatable bonds is 5. The predicted octanol–water partition coefficient (Wildman–Crippen LogP) is 1.80. The van der Waals surface area contributed by atoms with Crippen molar-refractivity contribution in [3.05, 3.63) is 35.4 Å². The fraction of sp³-hybridized carbons (Fsp3) is 0.385. The lowest BCUT2D eigenvalue weighted by atomic mass is 9.90. The zero-order valence-electron chi connectivity index (χ0n) is 11.0. The summed E-state index contributed by atoms with van der Waals surface area (Å²) in [7, 11) is 0. The Morgan fingerprint density at radius 3 is 2.40 bits per heavy atom. The number of nitrogens with one attached hydrogen (secondary N) is 2. The van der Waals surface area contributed by atoms with Gasteiger partial charge in [0.05, 0.1) is 11.1 Å². The summed E-state index contributed by atoms with van der Waals surface area (Å²) in [6.07, 6.45) is -4.08. The van der Waals surface area contributed by atoms with Crippen LogP contribution in [0.3, 0.4) is 0 Å². The molecule has 0 bridgehead atoms. The van der Waals surface area contributed by atoms with Gasteiger partial charge in [0.2, 0.25) is 12.3 Å². The van der Waals surface area contributed by atoms with E-state index in [1.807, 2.05) is 0 Å². The number of hydrogen-bond donors (Lipinski definition) is 2. The molecular formula is C13H15F3N2O2. The first-order valence-electron chi connectivity index (χ1n) is 5.82. The SMILES string of the molecule is CC(=O)NCC(C)(NC=O)c1cccc(C(F)(F)F)c1. The van der Waals surface area contributed by atoms with Crippen molar-refractivity contribution in [2.45, 2.75) is 25.6 Å². The van der Waals surface area contributed by atoms with E-state index in [2.05, 4.69) is 10.6 Å². The molecule has 0 fully saturated rings. The van der Waals surface area contributed by atoms with E-state index in [0.29, 0.717) is 6.41 Å². The van der Waals surface area contributed by atoms with Crippen molar-refractivity contribution in [1.29, 1.82) is 0 Å². The molecule has 0 radical (unpaired) electrons. The number of hydrogen-bond acceptors (Lipinski definition) is 2. The highest BCUT2D eigenvalue weighted by Gasteiger charge is 2.33. The van der Waals surface area contributed by atoms with Crippen LogP contribution in [-0.4, -0.2) is 18.9 Å². The number of carbonyl (C=O) groups excluding carboxylic acids is 2.